The van der Waals surface area contributed by atoms with E-state index in [0.717, 1.165) is 15.6 Å². The fourth-order valence-corrected chi connectivity index (χ4v) is 5.41. The van der Waals surface area contributed by atoms with E-state index in [4.69, 9.17) is 4.74 Å². The van der Waals surface area contributed by atoms with Crippen molar-refractivity contribution in [3.63, 3.8) is 0 Å². The number of rotatable bonds is 7. The topological polar surface area (TPSA) is 96.0 Å². The lowest BCUT2D eigenvalue weighted by atomic mass is 10.2. The lowest BCUT2D eigenvalue weighted by Gasteiger charge is -2.26. The van der Waals surface area contributed by atoms with Gasteiger partial charge in [0.15, 0.2) is 0 Å². The molecule has 162 valence electrons. The molecule has 8 nitrogen and oxygen atoms in total. The molecule has 0 saturated carbocycles. The molecule has 11 heteroatoms. The summed E-state index contributed by atoms with van der Waals surface area (Å²) in [5.41, 5.74) is 0.694. The highest BCUT2D eigenvalue weighted by molar-refractivity contribution is 7.91. The first-order chi connectivity index (χ1) is 14.3. The number of amides is 2. The number of sulfonamides is 1. The third-order valence-corrected chi connectivity index (χ3v) is 7.87. The average Bonchev–Trinajstić information content (AvgIpc) is 3.24. The van der Waals surface area contributed by atoms with Crippen LogP contribution in [-0.2, 0) is 26.1 Å². The number of hydrogen-bond donors (Lipinski definition) is 1. The van der Waals surface area contributed by atoms with Crippen LogP contribution in [0.5, 0.6) is 0 Å². The van der Waals surface area contributed by atoms with Gasteiger partial charge in [-0.1, -0.05) is 12.1 Å². The molecule has 30 heavy (non-hydrogen) atoms. The Balaban J connectivity index is 1.59. The Morgan fingerprint density at radius 1 is 1.17 bits per heavy atom. The molecule has 1 N–H and O–H groups in total. The van der Waals surface area contributed by atoms with Crippen LogP contribution in [-0.4, -0.2) is 69.3 Å². The summed E-state index contributed by atoms with van der Waals surface area (Å²) < 4.78 is 44.6. The van der Waals surface area contributed by atoms with Gasteiger partial charge < -0.3 is 15.0 Å². The number of morpholine rings is 1. The van der Waals surface area contributed by atoms with Crippen molar-refractivity contribution in [1.82, 2.24) is 14.5 Å². The molecule has 2 heterocycles. The maximum absolute atomic E-state index is 12.9. The van der Waals surface area contributed by atoms with E-state index in [2.05, 4.69) is 5.32 Å². The van der Waals surface area contributed by atoms with E-state index in [1.807, 2.05) is 0 Å². The molecule has 0 atom stereocenters. The van der Waals surface area contributed by atoms with Crippen molar-refractivity contribution in [1.29, 1.82) is 0 Å². The van der Waals surface area contributed by atoms with E-state index < -0.39 is 15.9 Å². The summed E-state index contributed by atoms with van der Waals surface area (Å²) in [4.78, 5) is 26.6. The maximum Gasteiger partial charge on any atom is 0.264 e. The molecule has 0 bridgehead atoms. The summed E-state index contributed by atoms with van der Waals surface area (Å²) in [6, 6.07) is 8.50. The largest absolute Gasteiger partial charge is 0.378 e. The van der Waals surface area contributed by atoms with Crippen molar-refractivity contribution in [2.45, 2.75) is 10.8 Å². The molecule has 0 spiro atoms. The summed E-state index contributed by atoms with van der Waals surface area (Å²) in [6.45, 7) is 1.62. The number of ether oxygens (including phenoxy) is 1. The van der Waals surface area contributed by atoms with Gasteiger partial charge in [0.05, 0.1) is 24.6 Å². The second-order valence-electron chi connectivity index (χ2n) is 6.69. The number of likely N-dealkylation sites (N-methyl/N-ethyl adjacent to an activating group) is 1. The molecule has 1 aromatic carbocycles. The quantitative estimate of drug-likeness (QED) is 0.679. The number of carbonyl (C=O) groups is 2. The zero-order chi connectivity index (χ0) is 21.7. The number of nitrogens with one attached hydrogen (secondary N) is 1. The van der Waals surface area contributed by atoms with Crippen LogP contribution in [0.2, 0.25) is 0 Å². The summed E-state index contributed by atoms with van der Waals surface area (Å²) in [5, 5.41) is 2.60. The zero-order valence-electron chi connectivity index (χ0n) is 16.3. The fraction of sp³-hybridized carbons (Fsp3) is 0.368. The fourth-order valence-electron chi connectivity index (χ4n) is 2.80. The van der Waals surface area contributed by atoms with E-state index in [1.54, 1.807) is 4.90 Å². The SMILES string of the molecule is CN(CC(=O)NCc1ccc(F)cc1)S(=O)(=O)c1ccc(C(=O)N2CCOCC2)s1. The van der Waals surface area contributed by atoms with Crippen molar-refractivity contribution in [3.8, 4) is 0 Å². The van der Waals surface area contributed by atoms with Crippen LogP contribution in [0.3, 0.4) is 0 Å². The Kier molecular flexibility index (Phi) is 7.19. The Morgan fingerprint density at radius 3 is 2.50 bits per heavy atom. The average molecular weight is 456 g/mol. The first-order valence-corrected chi connectivity index (χ1v) is 11.5. The number of thiophene rings is 1. The standard InChI is InChI=1S/C19H22FN3O5S2/c1-22(13-17(24)21-12-14-2-4-15(20)5-3-14)30(26,27)18-7-6-16(29-18)19(25)23-8-10-28-11-9-23/h2-7H,8-13H2,1H3,(H,21,24). The van der Waals surface area contributed by atoms with Gasteiger partial charge in [-0.05, 0) is 29.8 Å². The van der Waals surface area contributed by atoms with E-state index in [1.165, 1.54) is 43.4 Å². The molecule has 1 fully saturated rings. The van der Waals surface area contributed by atoms with Gasteiger partial charge in [-0.2, -0.15) is 4.31 Å². The highest BCUT2D eigenvalue weighted by Crippen LogP contribution is 2.25. The van der Waals surface area contributed by atoms with Gasteiger partial charge in [-0.15, -0.1) is 11.3 Å². The molecule has 0 aliphatic carbocycles. The van der Waals surface area contributed by atoms with Gasteiger partial charge in [0.25, 0.3) is 15.9 Å². The number of halogens is 1. The van der Waals surface area contributed by atoms with E-state index in [-0.39, 0.29) is 29.0 Å². The van der Waals surface area contributed by atoms with Crippen LogP contribution in [0.25, 0.3) is 0 Å². The Bertz CT molecular complexity index is 1000. The lowest BCUT2D eigenvalue weighted by Crippen LogP contribution is -2.40. The Morgan fingerprint density at radius 2 is 1.83 bits per heavy atom. The van der Waals surface area contributed by atoms with Crippen LogP contribution < -0.4 is 5.32 Å². The number of benzene rings is 1. The zero-order valence-corrected chi connectivity index (χ0v) is 18.0. The van der Waals surface area contributed by atoms with Gasteiger partial charge in [0.2, 0.25) is 5.91 Å². The molecule has 1 aliphatic rings. The first kappa shape index (κ1) is 22.3. The van der Waals surface area contributed by atoms with E-state index >= 15 is 0 Å². The number of nitrogens with zero attached hydrogens (tertiary/aromatic N) is 2. The monoisotopic (exact) mass is 455 g/mol. The van der Waals surface area contributed by atoms with E-state index in [0.29, 0.717) is 36.7 Å². The molecule has 2 amide bonds. The predicted molar refractivity (Wildman–Crippen MR) is 109 cm³/mol. The van der Waals surface area contributed by atoms with Gasteiger partial charge in [0.1, 0.15) is 10.0 Å². The number of carbonyl (C=O) groups excluding carboxylic acids is 2. The molecule has 1 aliphatic heterocycles. The highest BCUT2D eigenvalue weighted by Gasteiger charge is 2.27. The van der Waals surface area contributed by atoms with Crippen molar-refractivity contribution < 1.29 is 27.1 Å². The van der Waals surface area contributed by atoms with Crippen LogP contribution in [0.4, 0.5) is 4.39 Å². The molecule has 1 saturated heterocycles. The van der Waals surface area contributed by atoms with E-state index in [9.17, 15) is 22.4 Å². The molecular weight excluding hydrogens is 433 g/mol. The minimum atomic E-state index is -3.92. The molecule has 0 unspecified atom stereocenters. The maximum atomic E-state index is 12.9. The normalized spacial score (nSPS) is 14.7. The second kappa shape index (κ2) is 9.65. The third kappa shape index (κ3) is 5.42. The molecule has 0 radical (unpaired) electrons. The lowest BCUT2D eigenvalue weighted by molar-refractivity contribution is -0.121. The smallest absolute Gasteiger partial charge is 0.264 e. The molecule has 3 rings (SSSR count). The van der Waals surface area contributed by atoms with Crippen LogP contribution in [0.1, 0.15) is 15.2 Å². The van der Waals surface area contributed by atoms with Crippen LogP contribution in [0.15, 0.2) is 40.6 Å². The third-order valence-electron chi connectivity index (χ3n) is 4.52. The molecule has 2 aromatic rings. The summed E-state index contributed by atoms with van der Waals surface area (Å²) in [6.07, 6.45) is 0. The Labute approximate surface area is 178 Å². The second-order valence-corrected chi connectivity index (χ2v) is 10.0. The summed E-state index contributed by atoms with van der Waals surface area (Å²) in [7, 11) is -2.62. The van der Waals surface area contributed by atoms with Crippen molar-refractivity contribution >= 4 is 33.2 Å². The van der Waals surface area contributed by atoms with Gasteiger partial charge in [0, 0.05) is 26.7 Å². The highest BCUT2D eigenvalue weighted by atomic mass is 32.2. The summed E-state index contributed by atoms with van der Waals surface area (Å²) >= 11 is 0.880. The van der Waals surface area contributed by atoms with Crippen molar-refractivity contribution in [2.24, 2.45) is 0 Å². The van der Waals surface area contributed by atoms with Gasteiger partial charge in [-0.25, -0.2) is 12.8 Å². The number of hydrogen-bond acceptors (Lipinski definition) is 6. The minimum Gasteiger partial charge on any atom is -0.378 e. The van der Waals surface area contributed by atoms with Crippen molar-refractivity contribution in [3.05, 3.63) is 52.7 Å². The van der Waals surface area contributed by atoms with Crippen LogP contribution in [0, 0.1) is 5.82 Å². The predicted octanol–water partition coefficient (Wildman–Crippen LogP) is 1.30. The molecule has 1 aromatic heterocycles. The van der Waals surface area contributed by atoms with Crippen molar-refractivity contribution in [2.75, 3.05) is 39.9 Å². The molecular formula is C19H22FN3O5S2. The minimum absolute atomic E-state index is 0.00653. The summed E-state index contributed by atoms with van der Waals surface area (Å²) in [5.74, 6) is -1.10. The van der Waals surface area contributed by atoms with Gasteiger partial charge in [-0.3, -0.25) is 9.59 Å². The first-order valence-electron chi connectivity index (χ1n) is 9.22. The van der Waals surface area contributed by atoms with Gasteiger partial charge >= 0.3 is 0 Å². The Hall–Kier alpha value is -2.34. The van der Waals surface area contributed by atoms with Crippen LogP contribution >= 0.6 is 11.3 Å².